The van der Waals surface area contributed by atoms with Crippen LogP contribution in [0, 0.1) is 6.92 Å². The first kappa shape index (κ1) is 18.4. The topological polar surface area (TPSA) is 58.5 Å². The molecule has 0 unspecified atom stereocenters. The van der Waals surface area contributed by atoms with Crippen molar-refractivity contribution in [1.82, 2.24) is 4.83 Å². The van der Waals surface area contributed by atoms with E-state index in [2.05, 4.69) is 9.93 Å². The van der Waals surface area contributed by atoms with Crippen molar-refractivity contribution in [2.45, 2.75) is 24.7 Å². The molecule has 0 saturated carbocycles. The summed E-state index contributed by atoms with van der Waals surface area (Å²) in [5.41, 5.74) is 3.39. The van der Waals surface area contributed by atoms with Crippen molar-refractivity contribution in [3.63, 3.8) is 0 Å². The van der Waals surface area contributed by atoms with E-state index in [-0.39, 0.29) is 4.90 Å². The van der Waals surface area contributed by atoms with E-state index in [1.807, 2.05) is 49.4 Å². The van der Waals surface area contributed by atoms with Crippen molar-refractivity contribution in [3.05, 3.63) is 82.4 Å². The average Bonchev–Trinajstić information content (AvgIpc) is 2.63. The lowest BCUT2D eigenvalue weighted by Gasteiger charge is -2.13. The fourth-order valence-corrected chi connectivity index (χ4v) is 3.59. The lowest BCUT2D eigenvalue weighted by molar-refractivity contribution is 0.584. The van der Waals surface area contributed by atoms with E-state index in [0.717, 1.165) is 23.1 Å². The molecule has 2 aromatic rings. The average molecular weight is 387 g/mol. The van der Waals surface area contributed by atoms with Gasteiger partial charge in [0, 0.05) is 5.02 Å². The summed E-state index contributed by atoms with van der Waals surface area (Å²) in [6.07, 6.45) is 7.35. The number of hydrogen-bond donors (Lipinski definition) is 1. The van der Waals surface area contributed by atoms with Gasteiger partial charge in [-0.05, 0) is 55.2 Å². The molecule has 0 atom stereocenters. The first-order valence-electron chi connectivity index (χ1n) is 8.24. The van der Waals surface area contributed by atoms with Gasteiger partial charge in [0.15, 0.2) is 0 Å². The van der Waals surface area contributed by atoms with Crippen LogP contribution in [0.2, 0.25) is 5.02 Å². The minimum absolute atomic E-state index is 0.190. The predicted molar refractivity (Wildman–Crippen MR) is 107 cm³/mol. The molecule has 0 spiro atoms. The van der Waals surface area contributed by atoms with Gasteiger partial charge in [-0.2, -0.15) is 18.4 Å². The Morgan fingerprint density at radius 2 is 1.85 bits per heavy atom. The molecule has 0 radical (unpaired) electrons. The molecule has 0 aromatic heterocycles. The van der Waals surface area contributed by atoms with E-state index in [1.54, 1.807) is 24.3 Å². The molecule has 1 aliphatic carbocycles. The van der Waals surface area contributed by atoms with Crippen LogP contribution in [0.4, 0.5) is 0 Å². The van der Waals surface area contributed by atoms with Gasteiger partial charge in [0.1, 0.15) is 0 Å². The van der Waals surface area contributed by atoms with E-state index >= 15 is 0 Å². The van der Waals surface area contributed by atoms with Crippen LogP contribution in [0.15, 0.2) is 76.3 Å². The lowest BCUT2D eigenvalue weighted by Crippen LogP contribution is -2.21. The maximum absolute atomic E-state index is 12.4. The second-order valence-corrected chi connectivity index (χ2v) is 8.10. The Hall–Kier alpha value is -2.37. The summed E-state index contributed by atoms with van der Waals surface area (Å²) in [6.45, 7) is 1.91. The summed E-state index contributed by atoms with van der Waals surface area (Å²) < 4.78 is 24.9. The Balaban J connectivity index is 1.88. The Bertz CT molecular complexity index is 991. The molecule has 2 aromatic carbocycles. The van der Waals surface area contributed by atoms with Crippen LogP contribution in [-0.2, 0) is 10.0 Å². The number of nitrogens with one attached hydrogen (secondary N) is 1. The summed E-state index contributed by atoms with van der Waals surface area (Å²) >= 11 is 6.21. The zero-order valence-corrected chi connectivity index (χ0v) is 15.9. The Labute approximate surface area is 159 Å². The molecule has 6 heteroatoms. The first-order chi connectivity index (χ1) is 12.5. The second kappa shape index (κ2) is 7.89. The van der Waals surface area contributed by atoms with Crippen molar-refractivity contribution in [2.75, 3.05) is 0 Å². The summed E-state index contributed by atoms with van der Waals surface area (Å²) in [4.78, 5) is 2.54. The number of hydrogen-bond acceptors (Lipinski definition) is 3. The molecule has 4 nitrogen and oxygen atoms in total. The normalized spacial score (nSPS) is 17.6. The molecule has 0 heterocycles. The number of hydrazone groups is 1. The minimum atomic E-state index is -3.70. The summed E-state index contributed by atoms with van der Waals surface area (Å²) in [5, 5.41) is 4.81. The van der Waals surface area contributed by atoms with Crippen LogP contribution in [0.3, 0.4) is 0 Å². The fraction of sp³-hybridized carbons (Fsp3) is 0.150. The molecular weight excluding hydrogens is 368 g/mol. The Morgan fingerprint density at radius 1 is 1.12 bits per heavy atom. The summed E-state index contributed by atoms with van der Waals surface area (Å²) in [7, 11) is -3.70. The van der Waals surface area contributed by atoms with Crippen LogP contribution >= 0.6 is 11.6 Å². The van der Waals surface area contributed by atoms with Crippen LogP contribution < -0.4 is 4.83 Å². The van der Waals surface area contributed by atoms with Crippen molar-refractivity contribution in [3.8, 4) is 0 Å². The highest BCUT2D eigenvalue weighted by Gasteiger charge is 2.15. The van der Waals surface area contributed by atoms with E-state index in [4.69, 9.17) is 11.6 Å². The third-order valence-corrected chi connectivity index (χ3v) is 5.60. The van der Waals surface area contributed by atoms with Crippen LogP contribution in [-0.4, -0.2) is 14.1 Å². The highest BCUT2D eigenvalue weighted by atomic mass is 35.5. The van der Waals surface area contributed by atoms with Gasteiger partial charge in [-0.1, -0.05) is 59.6 Å². The molecule has 1 aliphatic rings. The van der Waals surface area contributed by atoms with Crippen molar-refractivity contribution in [1.29, 1.82) is 0 Å². The molecule has 26 heavy (non-hydrogen) atoms. The van der Waals surface area contributed by atoms with Gasteiger partial charge in [0.2, 0.25) is 0 Å². The zero-order valence-electron chi connectivity index (χ0n) is 14.3. The molecule has 0 fully saturated rings. The maximum atomic E-state index is 12.4. The van der Waals surface area contributed by atoms with Gasteiger partial charge in [-0.3, -0.25) is 0 Å². The molecule has 0 saturated heterocycles. The highest BCUT2D eigenvalue weighted by molar-refractivity contribution is 7.89. The highest BCUT2D eigenvalue weighted by Crippen LogP contribution is 2.22. The number of rotatable bonds is 4. The quantitative estimate of drug-likeness (QED) is 0.773. The summed E-state index contributed by atoms with van der Waals surface area (Å²) in [6, 6.07) is 14.1. The largest absolute Gasteiger partial charge is 0.276 e. The Morgan fingerprint density at radius 3 is 2.58 bits per heavy atom. The molecule has 134 valence electrons. The van der Waals surface area contributed by atoms with Gasteiger partial charge in [0.05, 0.1) is 10.6 Å². The lowest BCUT2D eigenvalue weighted by atomic mass is 9.97. The second-order valence-electron chi connectivity index (χ2n) is 6.03. The summed E-state index contributed by atoms with van der Waals surface area (Å²) in [5.74, 6) is 0. The van der Waals surface area contributed by atoms with E-state index in [9.17, 15) is 8.42 Å². The van der Waals surface area contributed by atoms with Crippen LogP contribution in [0.5, 0.6) is 0 Å². The SMILES string of the molecule is Cc1ccc(S(=O)(=O)N/N=C2\CCC=C\C2=C/c2ccccc2Cl)cc1. The standard InChI is InChI=1S/C20H19ClN2O2S/c1-15-10-12-18(13-11-15)26(24,25)23-22-20-9-5-3-7-17(20)14-16-6-2-4-8-19(16)21/h2-4,6-8,10-14,23H,5,9H2,1H3/b17-14+,22-20+. The van der Waals surface area contributed by atoms with Gasteiger partial charge in [0.25, 0.3) is 10.0 Å². The third-order valence-electron chi connectivity index (χ3n) is 4.03. The number of nitrogens with zero attached hydrogens (tertiary/aromatic N) is 1. The number of halogens is 1. The van der Waals surface area contributed by atoms with Crippen molar-refractivity contribution in [2.24, 2.45) is 5.10 Å². The molecule has 3 rings (SSSR count). The molecule has 1 N–H and O–H groups in total. The third kappa shape index (κ3) is 4.42. The molecule has 0 amide bonds. The number of benzene rings is 2. The zero-order chi connectivity index (χ0) is 18.6. The van der Waals surface area contributed by atoms with Crippen LogP contribution in [0.25, 0.3) is 6.08 Å². The van der Waals surface area contributed by atoms with E-state index in [1.165, 1.54) is 0 Å². The van der Waals surface area contributed by atoms with E-state index < -0.39 is 10.0 Å². The van der Waals surface area contributed by atoms with Gasteiger partial charge < -0.3 is 0 Å². The minimum Gasteiger partial charge on any atom is -0.200 e. The predicted octanol–water partition coefficient (Wildman–Crippen LogP) is 4.72. The Kier molecular flexibility index (Phi) is 5.59. The first-order valence-corrected chi connectivity index (χ1v) is 10.1. The van der Waals surface area contributed by atoms with Crippen LogP contribution in [0.1, 0.15) is 24.0 Å². The van der Waals surface area contributed by atoms with Gasteiger partial charge in [-0.25, -0.2) is 0 Å². The maximum Gasteiger partial charge on any atom is 0.276 e. The monoisotopic (exact) mass is 386 g/mol. The molecule has 0 aliphatic heterocycles. The molecular formula is C20H19ClN2O2S. The van der Waals surface area contributed by atoms with E-state index in [0.29, 0.717) is 17.2 Å². The smallest absolute Gasteiger partial charge is 0.200 e. The molecule has 0 bridgehead atoms. The van der Waals surface area contributed by atoms with Crippen molar-refractivity contribution >= 4 is 33.4 Å². The van der Waals surface area contributed by atoms with Gasteiger partial charge >= 0.3 is 0 Å². The van der Waals surface area contributed by atoms with Gasteiger partial charge in [-0.15, -0.1) is 0 Å². The number of allylic oxidation sites excluding steroid dienone is 3. The number of aryl methyl sites for hydroxylation is 1. The van der Waals surface area contributed by atoms with Crippen molar-refractivity contribution < 1.29 is 8.42 Å². The fourth-order valence-electron chi connectivity index (χ4n) is 2.57. The number of sulfonamides is 1.